The molecule has 1 aromatic heterocycles. The van der Waals surface area contributed by atoms with E-state index in [2.05, 4.69) is 53.8 Å². The number of rotatable bonds is 4. The minimum absolute atomic E-state index is 0.446. The molecular weight excluding hydrogens is 377 g/mol. The quantitative estimate of drug-likeness (QED) is 0.369. The first-order chi connectivity index (χ1) is 14.2. The van der Waals surface area contributed by atoms with Crippen molar-refractivity contribution in [3.8, 4) is 11.1 Å². The first-order valence-electron chi connectivity index (χ1n) is 9.43. The Morgan fingerprint density at radius 1 is 0.655 bits per heavy atom. The van der Waals surface area contributed by atoms with E-state index in [4.69, 9.17) is 0 Å². The Morgan fingerprint density at radius 2 is 1.34 bits per heavy atom. The van der Waals surface area contributed by atoms with Crippen LogP contribution in [-0.4, -0.2) is 17.2 Å². The zero-order valence-electron chi connectivity index (χ0n) is 15.5. The summed E-state index contributed by atoms with van der Waals surface area (Å²) in [7, 11) is -1.53. The molecule has 0 fully saturated rings. The van der Waals surface area contributed by atoms with E-state index in [0.29, 0.717) is 11.2 Å². The number of anilines is 2. The first kappa shape index (κ1) is 17.9. The molecule has 0 saturated heterocycles. The van der Waals surface area contributed by atoms with Crippen molar-refractivity contribution in [2.75, 3.05) is 5.32 Å². The number of benzene rings is 4. The van der Waals surface area contributed by atoms with Crippen molar-refractivity contribution in [1.82, 2.24) is 0 Å². The second-order valence-corrected chi connectivity index (χ2v) is 8.02. The topological polar surface area (TPSA) is 52.5 Å². The van der Waals surface area contributed by atoms with Gasteiger partial charge in [0.2, 0.25) is 0 Å². The molecule has 3 N–H and O–H groups in total. The van der Waals surface area contributed by atoms with Gasteiger partial charge in [0, 0.05) is 42.6 Å². The standard InChI is InChI=1S/C24H18BNO2S/c27-25(28)20-9-3-5-11-22(20)26-21-10-4-1-7-17(21)16-13-14-24-19(15-16)18-8-2-6-12-23(18)29-24/h1-15,26-28H. The predicted molar refractivity (Wildman–Crippen MR) is 124 cm³/mol. The van der Waals surface area contributed by atoms with Crippen LogP contribution in [-0.2, 0) is 0 Å². The van der Waals surface area contributed by atoms with Gasteiger partial charge in [-0.15, -0.1) is 11.3 Å². The van der Waals surface area contributed by atoms with Gasteiger partial charge < -0.3 is 15.4 Å². The summed E-state index contributed by atoms with van der Waals surface area (Å²) in [5, 5.41) is 25.3. The Hall–Kier alpha value is -3.12. The van der Waals surface area contributed by atoms with Crippen LogP contribution < -0.4 is 10.8 Å². The van der Waals surface area contributed by atoms with E-state index in [-0.39, 0.29) is 0 Å². The smallest absolute Gasteiger partial charge is 0.423 e. The molecule has 0 unspecified atom stereocenters. The molecule has 0 spiro atoms. The largest absolute Gasteiger partial charge is 0.490 e. The molecule has 0 atom stereocenters. The highest BCUT2D eigenvalue weighted by molar-refractivity contribution is 7.25. The molecule has 140 valence electrons. The lowest BCUT2D eigenvalue weighted by Gasteiger charge is -2.15. The molecular formula is C24H18BNO2S. The minimum atomic E-state index is -1.53. The highest BCUT2D eigenvalue weighted by atomic mass is 32.1. The average Bonchev–Trinajstić information content (AvgIpc) is 3.12. The summed E-state index contributed by atoms with van der Waals surface area (Å²) in [5.74, 6) is 0. The summed E-state index contributed by atoms with van der Waals surface area (Å²) < 4.78 is 2.56. The van der Waals surface area contributed by atoms with Crippen LogP contribution >= 0.6 is 11.3 Å². The summed E-state index contributed by atoms with van der Waals surface area (Å²) in [5.41, 5.74) is 4.22. The maximum atomic E-state index is 9.68. The van der Waals surface area contributed by atoms with Crippen LogP contribution in [0.2, 0.25) is 0 Å². The van der Waals surface area contributed by atoms with E-state index in [0.717, 1.165) is 16.8 Å². The molecule has 0 aliphatic rings. The van der Waals surface area contributed by atoms with Crippen LogP contribution in [0.3, 0.4) is 0 Å². The van der Waals surface area contributed by atoms with E-state index in [1.807, 2.05) is 30.3 Å². The van der Waals surface area contributed by atoms with Crippen LogP contribution in [0.25, 0.3) is 31.3 Å². The second kappa shape index (κ2) is 7.37. The van der Waals surface area contributed by atoms with Gasteiger partial charge in [0.1, 0.15) is 0 Å². The van der Waals surface area contributed by atoms with Crippen molar-refractivity contribution in [1.29, 1.82) is 0 Å². The van der Waals surface area contributed by atoms with Gasteiger partial charge in [-0.25, -0.2) is 0 Å². The van der Waals surface area contributed by atoms with Gasteiger partial charge in [-0.05, 0) is 35.9 Å². The molecule has 4 aromatic carbocycles. The number of hydrogen-bond acceptors (Lipinski definition) is 4. The van der Waals surface area contributed by atoms with Crippen LogP contribution in [0.1, 0.15) is 0 Å². The summed E-state index contributed by atoms with van der Waals surface area (Å²) in [6, 6.07) is 30.3. The molecule has 5 aromatic rings. The lowest BCUT2D eigenvalue weighted by atomic mass is 9.79. The van der Waals surface area contributed by atoms with Gasteiger partial charge in [0.15, 0.2) is 0 Å². The fourth-order valence-corrected chi connectivity index (χ4v) is 4.80. The Morgan fingerprint density at radius 3 is 2.21 bits per heavy atom. The summed E-state index contributed by atoms with van der Waals surface area (Å²) >= 11 is 1.81. The SMILES string of the molecule is OB(O)c1ccccc1Nc1ccccc1-c1ccc2sc3ccccc3c2c1. The monoisotopic (exact) mass is 395 g/mol. The molecule has 0 aliphatic heterocycles. The predicted octanol–water partition coefficient (Wildman–Crippen LogP) is 5.14. The Kier molecular flexibility index (Phi) is 4.56. The molecule has 29 heavy (non-hydrogen) atoms. The normalized spacial score (nSPS) is 11.1. The van der Waals surface area contributed by atoms with Crippen LogP contribution in [0, 0.1) is 0 Å². The van der Waals surface area contributed by atoms with E-state index < -0.39 is 7.12 Å². The van der Waals surface area contributed by atoms with Crippen molar-refractivity contribution in [2.45, 2.75) is 0 Å². The first-order valence-corrected chi connectivity index (χ1v) is 10.2. The van der Waals surface area contributed by atoms with Gasteiger partial charge in [-0.2, -0.15) is 0 Å². The van der Waals surface area contributed by atoms with Crippen molar-refractivity contribution >= 4 is 55.5 Å². The van der Waals surface area contributed by atoms with Gasteiger partial charge >= 0.3 is 7.12 Å². The lowest BCUT2D eigenvalue weighted by Crippen LogP contribution is -2.31. The highest BCUT2D eigenvalue weighted by Crippen LogP contribution is 2.38. The fourth-order valence-electron chi connectivity index (χ4n) is 3.72. The lowest BCUT2D eigenvalue weighted by molar-refractivity contribution is 0.426. The zero-order chi connectivity index (χ0) is 19.8. The molecule has 1 heterocycles. The molecule has 0 radical (unpaired) electrons. The maximum absolute atomic E-state index is 9.68. The number of para-hydroxylation sites is 2. The summed E-state index contributed by atoms with van der Waals surface area (Å²) in [4.78, 5) is 0. The summed E-state index contributed by atoms with van der Waals surface area (Å²) in [6.45, 7) is 0. The van der Waals surface area contributed by atoms with Crippen LogP contribution in [0.15, 0.2) is 91.0 Å². The number of fused-ring (bicyclic) bond motifs is 3. The molecule has 0 saturated carbocycles. The third-order valence-electron chi connectivity index (χ3n) is 5.12. The summed E-state index contributed by atoms with van der Waals surface area (Å²) in [6.07, 6.45) is 0. The molecule has 5 heteroatoms. The van der Waals surface area contributed by atoms with Gasteiger partial charge in [0.25, 0.3) is 0 Å². The van der Waals surface area contributed by atoms with Crippen LogP contribution in [0.5, 0.6) is 0 Å². The van der Waals surface area contributed by atoms with Crippen molar-refractivity contribution < 1.29 is 10.0 Å². The van der Waals surface area contributed by atoms with Crippen LogP contribution in [0.4, 0.5) is 11.4 Å². The number of hydrogen-bond donors (Lipinski definition) is 3. The molecule has 0 amide bonds. The van der Waals surface area contributed by atoms with Crippen molar-refractivity contribution in [3.05, 3.63) is 91.0 Å². The molecule has 5 rings (SSSR count). The average molecular weight is 395 g/mol. The Balaban J connectivity index is 1.62. The third kappa shape index (κ3) is 3.30. The van der Waals surface area contributed by atoms with E-state index in [9.17, 15) is 10.0 Å². The number of nitrogens with one attached hydrogen (secondary N) is 1. The van der Waals surface area contributed by atoms with Gasteiger partial charge in [-0.1, -0.05) is 60.7 Å². The fraction of sp³-hybridized carbons (Fsp3) is 0. The number of thiophene rings is 1. The van der Waals surface area contributed by atoms with E-state index >= 15 is 0 Å². The van der Waals surface area contributed by atoms with Crippen molar-refractivity contribution in [3.63, 3.8) is 0 Å². The molecule has 0 aliphatic carbocycles. The van der Waals surface area contributed by atoms with Crippen molar-refractivity contribution in [2.24, 2.45) is 0 Å². The highest BCUT2D eigenvalue weighted by Gasteiger charge is 2.16. The van der Waals surface area contributed by atoms with E-state index in [1.165, 1.54) is 20.2 Å². The Bertz CT molecular complexity index is 1330. The zero-order valence-corrected chi connectivity index (χ0v) is 16.4. The van der Waals surface area contributed by atoms with Gasteiger partial charge in [-0.3, -0.25) is 0 Å². The second-order valence-electron chi connectivity index (χ2n) is 6.94. The molecule has 3 nitrogen and oxygen atoms in total. The Labute approximate surface area is 173 Å². The third-order valence-corrected chi connectivity index (χ3v) is 6.27. The van der Waals surface area contributed by atoms with E-state index in [1.54, 1.807) is 23.5 Å². The van der Waals surface area contributed by atoms with Gasteiger partial charge in [0.05, 0.1) is 0 Å². The minimum Gasteiger partial charge on any atom is -0.423 e. The molecule has 0 bridgehead atoms. The maximum Gasteiger partial charge on any atom is 0.490 e.